The zero-order chi connectivity index (χ0) is 10.0. The fourth-order valence-corrected chi connectivity index (χ4v) is 0.464. The summed E-state index contributed by atoms with van der Waals surface area (Å²) in [4.78, 5) is 14.2. The minimum atomic E-state index is -0.570. The zero-order valence-corrected chi connectivity index (χ0v) is 5.42. The lowest BCUT2D eigenvalue weighted by Crippen LogP contribution is -2.09. The van der Waals surface area contributed by atoms with Crippen LogP contribution in [-0.2, 0) is 16.1 Å². The van der Waals surface area contributed by atoms with Crippen LogP contribution in [0.15, 0.2) is 18.6 Å². The summed E-state index contributed by atoms with van der Waals surface area (Å²) in [7, 11) is 1.22. The normalized spacial score (nSPS) is 13.5. The van der Waals surface area contributed by atoms with Gasteiger partial charge < -0.3 is 9.30 Å². The summed E-state index contributed by atoms with van der Waals surface area (Å²) in [5.74, 6) is -0.570. The highest BCUT2D eigenvalue weighted by molar-refractivity contribution is 5.68. The third-order valence-electron chi connectivity index (χ3n) is 0.926. The van der Waals surface area contributed by atoms with Gasteiger partial charge in [-0.15, -0.1) is 0 Å². The Morgan fingerprint density at radius 2 is 2.80 bits per heavy atom. The topological polar surface area (TPSA) is 44.1 Å². The predicted octanol–water partition coefficient (Wildman–Crippen LogP) is 0.0561. The summed E-state index contributed by atoms with van der Waals surface area (Å²) in [6, 6.07) is 0. The van der Waals surface area contributed by atoms with Crippen molar-refractivity contribution in [2.75, 3.05) is 7.11 Å². The van der Waals surface area contributed by atoms with Gasteiger partial charge in [-0.25, -0.2) is 4.98 Å². The van der Waals surface area contributed by atoms with Crippen LogP contribution < -0.4 is 0 Å². The SMILES string of the molecule is [2H]c1nc([2H])n(CC(=O)OC)c1[2H]. The van der Waals surface area contributed by atoms with E-state index in [-0.39, 0.29) is 25.2 Å². The van der Waals surface area contributed by atoms with Crippen molar-refractivity contribution in [1.29, 1.82) is 0 Å². The number of carbonyl (C=O) groups excluding carboxylic acids is 1. The van der Waals surface area contributed by atoms with Crippen LogP contribution in [0.25, 0.3) is 0 Å². The molecule has 0 aliphatic heterocycles. The molecule has 0 saturated carbocycles. The van der Waals surface area contributed by atoms with Gasteiger partial charge in [0, 0.05) is 12.3 Å². The Morgan fingerprint density at radius 3 is 3.30 bits per heavy atom. The summed E-state index contributed by atoms with van der Waals surface area (Å²) in [6.07, 6.45) is -0.843. The van der Waals surface area contributed by atoms with Gasteiger partial charge in [-0.2, -0.15) is 0 Å². The molecule has 0 saturated heterocycles. The monoisotopic (exact) mass is 143 g/mol. The maximum atomic E-state index is 10.8. The lowest BCUT2D eigenvalue weighted by Gasteiger charge is -1.97. The first-order chi connectivity index (χ1) is 6.06. The number of esters is 1. The average Bonchev–Trinajstić information content (AvgIpc) is 2.32. The second-order valence-electron chi connectivity index (χ2n) is 1.60. The molecule has 0 spiro atoms. The summed E-state index contributed by atoms with van der Waals surface area (Å²) in [5.41, 5.74) is 0. The molecule has 1 aromatic rings. The largest absolute Gasteiger partial charge is 0.468 e. The van der Waals surface area contributed by atoms with E-state index in [1.165, 1.54) is 7.11 Å². The summed E-state index contributed by atoms with van der Waals surface area (Å²) >= 11 is 0. The summed E-state index contributed by atoms with van der Waals surface area (Å²) in [6.45, 7) is -0.250. The van der Waals surface area contributed by atoms with Crippen LogP contribution in [0.3, 0.4) is 0 Å². The maximum absolute atomic E-state index is 10.8. The number of nitrogens with zero attached hydrogens (tertiary/aromatic N) is 2. The molecule has 0 N–H and O–H groups in total. The first-order valence-electron chi connectivity index (χ1n) is 4.13. The van der Waals surface area contributed by atoms with E-state index in [9.17, 15) is 4.79 Å². The van der Waals surface area contributed by atoms with Gasteiger partial charge in [-0.1, -0.05) is 0 Å². The van der Waals surface area contributed by atoms with Gasteiger partial charge in [-0.3, -0.25) is 4.79 Å². The van der Waals surface area contributed by atoms with Gasteiger partial charge in [0.05, 0.1) is 16.2 Å². The van der Waals surface area contributed by atoms with E-state index in [1.807, 2.05) is 0 Å². The van der Waals surface area contributed by atoms with E-state index < -0.39 is 5.97 Å². The van der Waals surface area contributed by atoms with Crippen LogP contribution in [0, 0.1) is 0 Å². The minimum absolute atomic E-state index is 0.250. The van der Waals surface area contributed by atoms with Crippen molar-refractivity contribution in [1.82, 2.24) is 9.55 Å². The van der Waals surface area contributed by atoms with Crippen LogP contribution in [0.4, 0.5) is 0 Å². The van der Waals surface area contributed by atoms with Gasteiger partial charge in [0.25, 0.3) is 0 Å². The van der Waals surface area contributed by atoms with E-state index in [0.29, 0.717) is 0 Å². The highest BCUT2D eigenvalue weighted by Crippen LogP contribution is 1.86. The number of imidazole rings is 1. The minimum Gasteiger partial charge on any atom is -0.468 e. The fraction of sp³-hybridized carbons (Fsp3) is 0.333. The number of aromatic nitrogens is 2. The third-order valence-corrected chi connectivity index (χ3v) is 0.926. The van der Waals surface area contributed by atoms with Crippen molar-refractivity contribution < 1.29 is 13.6 Å². The molecule has 1 rings (SSSR count). The summed E-state index contributed by atoms with van der Waals surface area (Å²) in [5, 5.41) is 0. The Kier molecular flexibility index (Phi) is 1.13. The molecule has 0 aliphatic rings. The smallest absolute Gasteiger partial charge is 0.325 e. The highest BCUT2D eigenvalue weighted by atomic mass is 16.5. The van der Waals surface area contributed by atoms with Crippen molar-refractivity contribution in [3.63, 3.8) is 0 Å². The van der Waals surface area contributed by atoms with Crippen LogP contribution in [-0.4, -0.2) is 22.6 Å². The van der Waals surface area contributed by atoms with Crippen LogP contribution >= 0.6 is 0 Å². The maximum Gasteiger partial charge on any atom is 0.325 e. The number of carbonyl (C=O) groups is 1. The molecule has 4 heteroatoms. The van der Waals surface area contributed by atoms with E-state index in [1.54, 1.807) is 0 Å². The fourth-order valence-electron chi connectivity index (χ4n) is 0.464. The lowest BCUT2D eigenvalue weighted by atomic mass is 10.6. The molecule has 10 heavy (non-hydrogen) atoms. The second-order valence-corrected chi connectivity index (χ2v) is 1.60. The number of ether oxygens (including phenoxy) is 1. The highest BCUT2D eigenvalue weighted by Gasteiger charge is 1.98. The molecule has 4 nitrogen and oxygen atoms in total. The Bertz CT molecular complexity index is 337. The Balaban J connectivity index is 2.94. The summed E-state index contributed by atoms with van der Waals surface area (Å²) < 4.78 is 26.9. The van der Waals surface area contributed by atoms with E-state index in [2.05, 4.69) is 9.72 Å². The van der Waals surface area contributed by atoms with Crippen molar-refractivity contribution in [2.45, 2.75) is 6.54 Å². The molecule has 0 bridgehead atoms. The molecule has 0 fully saturated rings. The molecule has 0 aromatic carbocycles. The first kappa shape index (κ1) is 3.75. The first-order valence-corrected chi connectivity index (χ1v) is 2.63. The Morgan fingerprint density at radius 1 is 2.00 bits per heavy atom. The number of rotatable bonds is 2. The molecule has 0 radical (unpaired) electrons. The van der Waals surface area contributed by atoms with Crippen molar-refractivity contribution in [3.05, 3.63) is 18.6 Å². The molecule has 1 heterocycles. The van der Waals surface area contributed by atoms with Gasteiger partial charge in [0.1, 0.15) is 7.92 Å². The van der Waals surface area contributed by atoms with E-state index in [0.717, 1.165) is 4.57 Å². The van der Waals surface area contributed by atoms with Crippen molar-refractivity contribution in [3.8, 4) is 0 Å². The molecule has 54 valence electrons. The van der Waals surface area contributed by atoms with Crippen molar-refractivity contribution in [2.24, 2.45) is 0 Å². The third kappa shape index (κ3) is 1.58. The van der Waals surface area contributed by atoms with Crippen molar-refractivity contribution >= 4 is 5.97 Å². The molecule has 0 amide bonds. The van der Waals surface area contributed by atoms with Gasteiger partial charge in [-0.05, 0) is 0 Å². The van der Waals surface area contributed by atoms with E-state index in [4.69, 9.17) is 4.11 Å². The van der Waals surface area contributed by atoms with Gasteiger partial charge >= 0.3 is 5.97 Å². The molecule has 0 unspecified atom stereocenters. The molecule has 0 aliphatic carbocycles. The molecule has 1 aromatic heterocycles. The van der Waals surface area contributed by atoms with E-state index >= 15 is 0 Å². The quantitative estimate of drug-likeness (QED) is 0.550. The Hall–Kier alpha value is -1.32. The molecular weight excluding hydrogens is 132 g/mol. The van der Waals surface area contributed by atoms with Crippen LogP contribution in [0.1, 0.15) is 4.11 Å². The number of methoxy groups -OCH3 is 1. The second kappa shape index (κ2) is 3.00. The molecular formula is C6H8N2O2. The number of hydrogen-bond donors (Lipinski definition) is 0. The van der Waals surface area contributed by atoms with Gasteiger partial charge in [0.15, 0.2) is 0 Å². The Labute approximate surface area is 62.7 Å². The van der Waals surface area contributed by atoms with Crippen LogP contribution in [0.5, 0.6) is 0 Å². The zero-order valence-electron chi connectivity index (χ0n) is 8.42. The average molecular weight is 143 g/mol. The lowest BCUT2D eigenvalue weighted by molar-refractivity contribution is -0.141. The standard InChI is InChI=1S/C6H8N2O2/c1-10-6(9)4-8-3-2-7-5-8/h2-3,5H,4H2,1H3/i2D,3D,5D. The molecule has 0 atom stereocenters. The predicted molar refractivity (Wildman–Crippen MR) is 34.2 cm³/mol. The van der Waals surface area contributed by atoms with Crippen LogP contribution in [0.2, 0.25) is 0 Å². The van der Waals surface area contributed by atoms with Gasteiger partial charge in [0.2, 0.25) is 0 Å². The number of hydrogen-bond acceptors (Lipinski definition) is 3.